The maximum Gasteiger partial charge on any atom is 0.142 e. The second kappa shape index (κ2) is 5.06. The highest BCUT2D eigenvalue weighted by Gasteiger charge is 2.11. The molecule has 1 rings (SSSR count). The maximum absolute atomic E-state index is 9.99. The molecule has 1 saturated heterocycles. The van der Waals surface area contributed by atoms with E-state index in [9.17, 15) is 4.79 Å². The summed E-state index contributed by atoms with van der Waals surface area (Å²) in [6, 6.07) is 0. The quantitative estimate of drug-likeness (QED) is 0.437. The molecule has 1 aliphatic rings. The molecule has 0 saturated carbocycles. The Morgan fingerprint density at radius 1 is 1.25 bits per heavy atom. The Bertz CT molecular complexity index is 160. The number of likely N-dealkylation sites (N-methyl/N-ethyl adjacent to an activating group) is 1. The predicted octanol–water partition coefficient (Wildman–Crippen LogP) is -0.0111. The van der Waals surface area contributed by atoms with Gasteiger partial charge in [-0.15, -0.1) is 0 Å². The van der Waals surface area contributed by atoms with E-state index in [1.807, 2.05) is 6.08 Å². The zero-order valence-electron chi connectivity index (χ0n) is 7.57. The van der Waals surface area contributed by atoms with Gasteiger partial charge in [0.25, 0.3) is 0 Å². The van der Waals surface area contributed by atoms with Crippen LogP contribution in [0.2, 0.25) is 0 Å². The van der Waals surface area contributed by atoms with Crippen molar-refractivity contribution in [3.63, 3.8) is 0 Å². The lowest BCUT2D eigenvalue weighted by Gasteiger charge is -2.31. The molecule has 0 amide bonds. The molecule has 68 valence electrons. The summed E-state index contributed by atoms with van der Waals surface area (Å²) in [5.74, 6) is 0. The molecule has 1 heterocycles. The van der Waals surface area contributed by atoms with Gasteiger partial charge in [-0.25, -0.2) is 0 Å². The topological polar surface area (TPSA) is 23.6 Å². The molecule has 0 aromatic rings. The summed E-state index contributed by atoms with van der Waals surface area (Å²) in [5.41, 5.74) is 0. The van der Waals surface area contributed by atoms with Crippen molar-refractivity contribution in [3.05, 3.63) is 12.2 Å². The van der Waals surface area contributed by atoms with Gasteiger partial charge in [0.15, 0.2) is 0 Å². The van der Waals surface area contributed by atoms with Crippen LogP contribution >= 0.6 is 0 Å². The molecule has 1 fully saturated rings. The van der Waals surface area contributed by atoms with Gasteiger partial charge in [0.2, 0.25) is 0 Å². The van der Waals surface area contributed by atoms with Gasteiger partial charge in [-0.2, -0.15) is 0 Å². The number of rotatable bonds is 3. The fraction of sp³-hybridized carbons (Fsp3) is 0.667. The molecule has 0 radical (unpaired) electrons. The van der Waals surface area contributed by atoms with Gasteiger partial charge in [0, 0.05) is 32.7 Å². The van der Waals surface area contributed by atoms with Crippen molar-refractivity contribution in [2.45, 2.75) is 0 Å². The minimum atomic E-state index is 0.829. The summed E-state index contributed by atoms with van der Waals surface area (Å²) < 4.78 is 0. The summed E-state index contributed by atoms with van der Waals surface area (Å²) in [6.45, 7) is 5.40. The van der Waals surface area contributed by atoms with E-state index < -0.39 is 0 Å². The lowest BCUT2D eigenvalue weighted by Crippen LogP contribution is -2.44. The van der Waals surface area contributed by atoms with E-state index in [2.05, 4.69) is 16.8 Å². The molecular weight excluding hydrogens is 152 g/mol. The number of allylic oxidation sites excluding steroid dienone is 1. The third kappa shape index (κ3) is 3.15. The number of hydrogen-bond donors (Lipinski definition) is 0. The first-order valence-electron chi connectivity index (χ1n) is 4.34. The van der Waals surface area contributed by atoms with E-state index in [0.29, 0.717) is 0 Å². The monoisotopic (exact) mass is 168 g/mol. The largest absolute Gasteiger partial charge is 0.304 e. The predicted molar refractivity (Wildman–Crippen MR) is 49.1 cm³/mol. The zero-order chi connectivity index (χ0) is 8.81. The van der Waals surface area contributed by atoms with E-state index in [4.69, 9.17) is 0 Å². The fourth-order valence-corrected chi connectivity index (χ4v) is 1.30. The molecule has 3 nitrogen and oxygen atoms in total. The van der Waals surface area contributed by atoms with Crippen molar-refractivity contribution in [2.75, 3.05) is 39.8 Å². The Kier molecular flexibility index (Phi) is 3.97. The Morgan fingerprint density at radius 2 is 1.92 bits per heavy atom. The molecule has 3 heteroatoms. The first-order valence-corrected chi connectivity index (χ1v) is 4.34. The SMILES string of the molecule is CN1CCN(CC=CC=O)CC1. The van der Waals surface area contributed by atoms with Gasteiger partial charge in [-0.3, -0.25) is 9.69 Å². The van der Waals surface area contributed by atoms with Gasteiger partial charge in [0.05, 0.1) is 0 Å². The molecule has 1 aliphatic heterocycles. The van der Waals surface area contributed by atoms with Crippen LogP contribution in [0.4, 0.5) is 0 Å². The van der Waals surface area contributed by atoms with Gasteiger partial charge < -0.3 is 4.90 Å². The van der Waals surface area contributed by atoms with Crippen molar-refractivity contribution in [1.29, 1.82) is 0 Å². The second-order valence-electron chi connectivity index (χ2n) is 3.17. The van der Waals surface area contributed by atoms with Crippen molar-refractivity contribution in [1.82, 2.24) is 9.80 Å². The van der Waals surface area contributed by atoms with Gasteiger partial charge >= 0.3 is 0 Å². The highest BCUT2D eigenvalue weighted by atomic mass is 16.1. The molecule has 0 aromatic carbocycles. The maximum atomic E-state index is 9.99. The van der Waals surface area contributed by atoms with Crippen LogP contribution in [0.15, 0.2) is 12.2 Å². The zero-order valence-corrected chi connectivity index (χ0v) is 7.57. The fourth-order valence-electron chi connectivity index (χ4n) is 1.30. The molecule has 0 aliphatic carbocycles. The van der Waals surface area contributed by atoms with Crippen molar-refractivity contribution in [3.8, 4) is 0 Å². The van der Waals surface area contributed by atoms with E-state index in [-0.39, 0.29) is 0 Å². The summed E-state index contributed by atoms with van der Waals surface area (Å²) >= 11 is 0. The molecule has 0 aromatic heterocycles. The second-order valence-corrected chi connectivity index (χ2v) is 3.17. The number of piperazine rings is 1. The van der Waals surface area contributed by atoms with Gasteiger partial charge in [-0.1, -0.05) is 6.08 Å². The molecule has 0 unspecified atom stereocenters. The summed E-state index contributed by atoms with van der Waals surface area (Å²) in [7, 11) is 2.14. The van der Waals surface area contributed by atoms with Crippen LogP contribution in [0, 0.1) is 0 Å². The molecule has 0 bridgehead atoms. The first-order chi connectivity index (χ1) is 5.83. The third-order valence-electron chi connectivity index (χ3n) is 2.17. The Hall–Kier alpha value is -0.670. The smallest absolute Gasteiger partial charge is 0.142 e. The minimum absolute atomic E-state index is 0.829. The van der Waals surface area contributed by atoms with E-state index >= 15 is 0 Å². The molecule has 0 N–H and O–H groups in total. The highest BCUT2D eigenvalue weighted by Crippen LogP contribution is 1.97. The van der Waals surface area contributed by atoms with Gasteiger partial charge in [-0.05, 0) is 13.1 Å². The van der Waals surface area contributed by atoms with E-state index in [1.54, 1.807) is 6.08 Å². The lowest BCUT2D eigenvalue weighted by atomic mass is 10.3. The van der Waals surface area contributed by atoms with Crippen molar-refractivity contribution >= 4 is 6.29 Å². The van der Waals surface area contributed by atoms with Gasteiger partial charge in [0.1, 0.15) is 6.29 Å². The Morgan fingerprint density at radius 3 is 2.50 bits per heavy atom. The number of hydrogen-bond acceptors (Lipinski definition) is 3. The number of carbonyl (C=O) groups is 1. The van der Waals surface area contributed by atoms with E-state index in [0.717, 1.165) is 39.0 Å². The average molecular weight is 168 g/mol. The van der Waals surface area contributed by atoms with Crippen LogP contribution in [0.3, 0.4) is 0 Å². The van der Waals surface area contributed by atoms with Crippen LogP contribution in [-0.4, -0.2) is 55.9 Å². The van der Waals surface area contributed by atoms with Crippen molar-refractivity contribution in [2.24, 2.45) is 0 Å². The summed E-state index contributed by atoms with van der Waals surface area (Å²) in [5, 5.41) is 0. The number of aldehydes is 1. The lowest BCUT2D eigenvalue weighted by molar-refractivity contribution is -0.104. The normalized spacial score (nSPS) is 21.8. The van der Waals surface area contributed by atoms with Crippen LogP contribution in [0.1, 0.15) is 0 Å². The molecular formula is C9H16N2O. The Balaban J connectivity index is 2.17. The standard InChI is InChI=1S/C9H16N2O/c1-10-5-7-11(8-6-10)4-2-3-9-12/h2-3,9H,4-8H2,1H3. The highest BCUT2D eigenvalue weighted by molar-refractivity contribution is 5.64. The summed E-state index contributed by atoms with van der Waals surface area (Å²) in [4.78, 5) is 14.7. The molecule has 0 atom stereocenters. The van der Waals surface area contributed by atoms with Crippen LogP contribution in [-0.2, 0) is 4.79 Å². The van der Waals surface area contributed by atoms with Crippen LogP contribution in [0.25, 0.3) is 0 Å². The average Bonchev–Trinajstić information content (AvgIpc) is 2.09. The summed E-state index contributed by atoms with van der Waals surface area (Å²) in [6.07, 6.45) is 4.31. The number of nitrogens with zero attached hydrogens (tertiary/aromatic N) is 2. The van der Waals surface area contributed by atoms with E-state index in [1.165, 1.54) is 0 Å². The van der Waals surface area contributed by atoms with Crippen LogP contribution in [0.5, 0.6) is 0 Å². The van der Waals surface area contributed by atoms with Crippen LogP contribution < -0.4 is 0 Å². The van der Waals surface area contributed by atoms with Crippen molar-refractivity contribution < 1.29 is 4.79 Å². The molecule has 0 spiro atoms. The number of carbonyl (C=O) groups excluding carboxylic acids is 1. The minimum Gasteiger partial charge on any atom is -0.304 e. The molecule has 12 heavy (non-hydrogen) atoms. The third-order valence-corrected chi connectivity index (χ3v) is 2.17. The first kappa shape index (κ1) is 9.42. The Labute approximate surface area is 73.6 Å².